The van der Waals surface area contributed by atoms with Crippen molar-refractivity contribution in [1.82, 2.24) is 42.5 Å². The van der Waals surface area contributed by atoms with E-state index >= 15 is 0 Å². The monoisotopic (exact) mass is 702 g/mol. The molecule has 8 nitrogen and oxygen atoms in total. The summed E-state index contributed by atoms with van der Waals surface area (Å²) in [5.41, 5.74) is 0. The van der Waals surface area contributed by atoms with Crippen LogP contribution in [0.1, 0.15) is 97.7 Å². The fourth-order valence-electron chi connectivity index (χ4n) is 12.0. The van der Waals surface area contributed by atoms with Gasteiger partial charge in [-0.05, 0) is 92.8 Å². The van der Waals surface area contributed by atoms with E-state index in [2.05, 4.69) is 65.1 Å². The van der Waals surface area contributed by atoms with Gasteiger partial charge in [-0.2, -0.15) is 0 Å². The van der Waals surface area contributed by atoms with Crippen molar-refractivity contribution in [2.24, 2.45) is 47.3 Å². The molecule has 9 aliphatic rings. The van der Waals surface area contributed by atoms with Crippen molar-refractivity contribution >= 4 is 22.6 Å². The topological polar surface area (TPSA) is 96.2 Å². The molecule has 0 spiro atoms. The van der Waals surface area contributed by atoms with E-state index in [1.54, 1.807) is 0 Å². The van der Waals surface area contributed by atoms with E-state index in [1.807, 2.05) is 0 Å². The summed E-state index contributed by atoms with van der Waals surface area (Å²) < 4.78 is 0.749. The number of hydrogen-bond donors (Lipinski definition) is 8. The van der Waals surface area contributed by atoms with Gasteiger partial charge in [-0.1, -0.05) is 67.5 Å². The average Bonchev–Trinajstić information content (AvgIpc) is 3.73. The minimum absolute atomic E-state index is 0. The first-order valence-electron chi connectivity index (χ1n) is 17.9. The van der Waals surface area contributed by atoms with Crippen LogP contribution in [-0.4, -0.2) is 53.3 Å². The molecule has 9 rings (SSSR count). The largest absolute Gasteiger partial charge is 1.00 e. The Hall–Kier alpha value is 1.41. The molecule has 0 aromatic carbocycles. The molecule has 0 amide bonds. The summed E-state index contributed by atoms with van der Waals surface area (Å²) in [5, 5.41) is 33.9. The number of nitrogens with one attached hydrogen (secondary N) is 8. The molecule has 9 fully saturated rings. The molecule has 42 heavy (non-hydrogen) atoms. The van der Waals surface area contributed by atoms with Crippen molar-refractivity contribution < 1.29 is 31.0 Å². The van der Waals surface area contributed by atoms with Gasteiger partial charge in [0, 0.05) is 9.84 Å². The van der Waals surface area contributed by atoms with Crippen LogP contribution >= 0.6 is 22.6 Å². The minimum atomic E-state index is 0. The first-order chi connectivity index (χ1) is 20.2. The number of halogens is 1. The third-order valence-electron chi connectivity index (χ3n) is 13.8. The molecule has 17 unspecified atom stereocenters. The van der Waals surface area contributed by atoms with Crippen LogP contribution in [0.4, 0.5) is 0 Å². The van der Waals surface area contributed by atoms with Crippen LogP contribution in [0.3, 0.4) is 0 Å². The SMILES string of the molecule is IC1CCCC2C3NC4NC(NC5NC(NC6NC(NC(N3)C12)C1CCCCC61)C1CCCCC51)C1CCCCC41.[H-].[Na+]. The standard InChI is InChI=1S/C32H55IN8.Na.H/c33-23-15-7-14-22-24(23)32-40-30-21-13-6-5-12-20(21)28(38-30)36-26-17-9-2-1-8-16(17)25(34-26)35-27-18-10-3-4-11-19(18)29(37-27)39-31(22)41-32;;/h16-32,34-41H,1-15H2;;/q;+1;-1. The second kappa shape index (κ2) is 12.8. The predicted octanol–water partition coefficient (Wildman–Crippen LogP) is 0.136. The van der Waals surface area contributed by atoms with Crippen molar-refractivity contribution in [1.29, 1.82) is 0 Å². The zero-order valence-corrected chi connectivity index (χ0v) is 30.0. The van der Waals surface area contributed by atoms with Crippen LogP contribution < -0.4 is 72.1 Å². The molecule has 5 saturated heterocycles. The van der Waals surface area contributed by atoms with Crippen LogP contribution in [0.2, 0.25) is 0 Å². The van der Waals surface area contributed by atoms with Crippen molar-refractivity contribution in [2.75, 3.05) is 0 Å². The summed E-state index contributed by atoms with van der Waals surface area (Å²) >= 11 is 2.81. The first-order valence-corrected chi connectivity index (χ1v) is 19.2. The van der Waals surface area contributed by atoms with Crippen LogP contribution in [0.15, 0.2) is 0 Å². The minimum Gasteiger partial charge on any atom is -1.00 e. The third kappa shape index (κ3) is 5.35. The van der Waals surface area contributed by atoms with Crippen molar-refractivity contribution in [3.63, 3.8) is 0 Å². The number of hydrogen-bond acceptors (Lipinski definition) is 8. The summed E-state index contributed by atoms with van der Waals surface area (Å²) in [6.45, 7) is 0. The molecule has 0 aromatic rings. The maximum Gasteiger partial charge on any atom is 1.00 e. The molecule has 5 heterocycles. The van der Waals surface area contributed by atoms with E-state index < -0.39 is 0 Å². The van der Waals surface area contributed by atoms with Gasteiger partial charge in [-0.3, -0.25) is 42.5 Å². The Morgan fingerprint density at radius 1 is 0.333 bits per heavy atom. The molecule has 8 bridgehead atoms. The number of fused-ring (bicyclic) bond motifs is 20. The van der Waals surface area contributed by atoms with Crippen LogP contribution in [0, 0.1) is 47.3 Å². The first kappa shape index (κ1) is 30.7. The summed E-state index contributed by atoms with van der Waals surface area (Å²) in [5.74, 6) is 5.85. The quantitative estimate of drug-likeness (QED) is 0.103. The Morgan fingerprint density at radius 3 is 0.929 bits per heavy atom. The van der Waals surface area contributed by atoms with E-state index in [1.165, 1.54) is 96.3 Å². The molecule has 0 radical (unpaired) electrons. The molecule has 0 aromatic heterocycles. The van der Waals surface area contributed by atoms with Crippen molar-refractivity contribution in [3.8, 4) is 0 Å². The van der Waals surface area contributed by atoms with Crippen LogP contribution in [0.25, 0.3) is 0 Å². The van der Waals surface area contributed by atoms with Gasteiger partial charge in [-0.25, -0.2) is 0 Å². The molecule has 4 saturated carbocycles. The average molecular weight is 703 g/mol. The van der Waals surface area contributed by atoms with Crippen LogP contribution in [0.5, 0.6) is 0 Å². The zero-order chi connectivity index (χ0) is 27.1. The zero-order valence-electron chi connectivity index (χ0n) is 26.8. The molecule has 4 aliphatic carbocycles. The van der Waals surface area contributed by atoms with Gasteiger partial charge in [0.15, 0.2) is 0 Å². The predicted molar refractivity (Wildman–Crippen MR) is 171 cm³/mol. The summed E-state index contributed by atoms with van der Waals surface area (Å²) in [6, 6.07) is 0. The fourth-order valence-corrected chi connectivity index (χ4v) is 13.4. The normalized spacial score (nSPS) is 56.9. The second-order valence-electron chi connectivity index (χ2n) is 15.7. The van der Waals surface area contributed by atoms with Gasteiger partial charge in [0.2, 0.25) is 0 Å². The fraction of sp³-hybridized carbons (Fsp3) is 1.00. The third-order valence-corrected chi connectivity index (χ3v) is 15.3. The molecule has 8 N–H and O–H groups in total. The van der Waals surface area contributed by atoms with E-state index in [9.17, 15) is 0 Å². The number of alkyl halides is 1. The van der Waals surface area contributed by atoms with E-state index in [0.717, 1.165) is 39.4 Å². The Labute approximate surface area is 291 Å². The summed E-state index contributed by atoms with van der Waals surface area (Å²) in [6.07, 6.45) is 24.0. The van der Waals surface area contributed by atoms with Gasteiger partial charge in [-0.15, -0.1) is 0 Å². The maximum atomic E-state index is 4.29. The number of rotatable bonds is 0. The van der Waals surface area contributed by atoms with Gasteiger partial charge < -0.3 is 1.43 Å². The smallest absolute Gasteiger partial charge is 1.00 e. The van der Waals surface area contributed by atoms with E-state index in [-0.39, 0.29) is 31.0 Å². The van der Waals surface area contributed by atoms with Gasteiger partial charge in [0.25, 0.3) is 0 Å². The van der Waals surface area contributed by atoms with E-state index in [4.69, 9.17) is 0 Å². The molecule has 232 valence electrons. The Bertz CT molecular complexity index is 966. The molecular weight excluding hydrogens is 646 g/mol. The van der Waals surface area contributed by atoms with E-state index in [0.29, 0.717) is 61.2 Å². The van der Waals surface area contributed by atoms with Crippen LogP contribution in [-0.2, 0) is 0 Å². The van der Waals surface area contributed by atoms with Gasteiger partial charge in [0.1, 0.15) is 0 Å². The second-order valence-corrected chi connectivity index (χ2v) is 17.3. The molecular formula is C32H56IN8Na. The van der Waals surface area contributed by atoms with Gasteiger partial charge >= 0.3 is 29.6 Å². The molecule has 17 atom stereocenters. The van der Waals surface area contributed by atoms with Crippen molar-refractivity contribution in [3.05, 3.63) is 0 Å². The maximum absolute atomic E-state index is 4.29. The summed E-state index contributed by atoms with van der Waals surface area (Å²) in [7, 11) is 0. The van der Waals surface area contributed by atoms with Crippen molar-refractivity contribution in [2.45, 2.75) is 150 Å². The molecule has 5 aliphatic heterocycles. The molecule has 10 heteroatoms. The van der Waals surface area contributed by atoms with Gasteiger partial charge in [0.05, 0.1) is 49.3 Å². The Kier molecular flexibility index (Phi) is 9.36. The Morgan fingerprint density at radius 2 is 0.595 bits per heavy atom. The Balaban J connectivity index is 0.00000150. The summed E-state index contributed by atoms with van der Waals surface area (Å²) in [4.78, 5) is 0.